The SMILES string of the molecule is Cc1cc(N2c3ccccc3Oc3c2c2ccccc2c2ccccc32)cc(C)c1-c1nc(-c2ccccc2)nc(-c2ccc(C3=CCCCC3)cc2)n1. The number of ether oxygens (including phenoxy) is 1. The number of hydrogen-bond donors (Lipinski definition) is 0. The smallest absolute Gasteiger partial charge is 0.164 e. The summed E-state index contributed by atoms with van der Waals surface area (Å²) in [7, 11) is 0. The third-order valence-corrected chi connectivity index (χ3v) is 10.9. The highest BCUT2D eigenvalue weighted by Gasteiger charge is 2.31. The van der Waals surface area contributed by atoms with Crippen LogP contribution in [0.15, 0.2) is 146 Å². The number of aromatic nitrogens is 3. The number of para-hydroxylation sites is 2. The van der Waals surface area contributed by atoms with Gasteiger partial charge in [0.05, 0.1) is 11.4 Å². The van der Waals surface area contributed by atoms with E-state index in [1.165, 1.54) is 34.8 Å². The van der Waals surface area contributed by atoms with Crippen LogP contribution in [0.1, 0.15) is 42.4 Å². The van der Waals surface area contributed by atoms with Gasteiger partial charge in [-0.25, -0.2) is 15.0 Å². The highest BCUT2D eigenvalue weighted by molar-refractivity contribution is 6.19. The number of anilines is 3. The Labute approximate surface area is 315 Å². The second kappa shape index (κ2) is 13.1. The van der Waals surface area contributed by atoms with Crippen molar-refractivity contribution in [3.63, 3.8) is 0 Å². The van der Waals surface area contributed by atoms with Crippen molar-refractivity contribution in [3.05, 3.63) is 162 Å². The lowest BCUT2D eigenvalue weighted by atomic mass is 9.93. The summed E-state index contributed by atoms with van der Waals surface area (Å²) in [5, 5.41) is 4.60. The highest BCUT2D eigenvalue weighted by Crippen LogP contribution is 2.56. The molecule has 0 unspecified atom stereocenters. The summed E-state index contributed by atoms with van der Waals surface area (Å²) in [6.07, 6.45) is 7.21. The Morgan fingerprint density at radius 3 is 1.81 bits per heavy atom. The number of rotatable bonds is 5. The molecular weight excluding hydrogens is 661 g/mol. The zero-order valence-electron chi connectivity index (χ0n) is 30.4. The molecule has 2 heterocycles. The van der Waals surface area contributed by atoms with Gasteiger partial charge in [0.15, 0.2) is 29.0 Å². The minimum atomic E-state index is 0.659. The maximum Gasteiger partial charge on any atom is 0.164 e. The first-order valence-corrected chi connectivity index (χ1v) is 18.8. The molecule has 0 saturated carbocycles. The van der Waals surface area contributed by atoms with Crippen molar-refractivity contribution >= 4 is 44.2 Å². The van der Waals surface area contributed by atoms with E-state index in [1.54, 1.807) is 0 Å². The van der Waals surface area contributed by atoms with Gasteiger partial charge in [0.1, 0.15) is 0 Å². The lowest BCUT2D eigenvalue weighted by molar-refractivity contribution is 0.483. The number of allylic oxidation sites excluding steroid dienone is 2. The van der Waals surface area contributed by atoms with Gasteiger partial charge in [-0.3, -0.25) is 0 Å². The molecule has 0 fully saturated rings. The average Bonchev–Trinajstić information content (AvgIpc) is 3.23. The van der Waals surface area contributed by atoms with E-state index in [2.05, 4.69) is 140 Å². The fourth-order valence-electron chi connectivity index (χ4n) is 8.33. The van der Waals surface area contributed by atoms with Gasteiger partial charge >= 0.3 is 0 Å². The zero-order valence-corrected chi connectivity index (χ0v) is 30.4. The molecule has 1 aromatic heterocycles. The van der Waals surface area contributed by atoms with E-state index in [-0.39, 0.29) is 0 Å². The van der Waals surface area contributed by atoms with E-state index in [9.17, 15) is 0 Å². The van der Waals surface area contributed by atoms with Crippen molar-refractivity contribution in [1.82, 2.24) is 15.0 Å². The zero-order chi connectivity index (χ0) is 36.2. The molecule has 1 aliphatic heterocycles. The molecule has 0 saturated heterocycles. The topological polar surface area (TPSA) is 51.1 Å². The third-order valence-electron chi connectivity index (χ3n) is 10.9. The van der Waals surface area contributed by atoms with Crippen LogP contribution in [-0.4, -0.2) is 15.0 Å². The monoisotopic (exact) mass is 698 g/mol. The van der Waals surface area contributed by atoms with Gasteiger partial charge in [0, 0.05) is 33.2 Å². The van der Waals surface area contributed by atoms with Crippen LogP contribution >= 0.6 is 0 Å². The van der Waals surface area contributed by atoms with Crippen molar-refractivity contribution in [2.45, 2.75) is 39.5 Å². The van der Waals surface area contributed by atoms with Gasteiger partial charge in [0.25, 0.3) is 0 Å². The first kappa shape index (κ1) is 32.1. The van der Waals surface area contributed by atoms with Crippen LogP contribution in [0.3, 0.4) is 0 Å². The standard InChI is InChI=1S/C49H38N4O/c1-31-29-37(53-42-23-13-14-24-43(42)54-46-41-22-12-10-20-39(41)38-19-9-11-21-40(38)45(46)53)30-32(2)44(31)49-51-47(35-17-7-4-8-18-35)50-48(52-49)36-27-25-34(26-28-36)33-15-5-3-6-16-33/h4,7-15,17-30H,3,5-6,16H2,1-2H3. The minimum absolute atomic E-state index is 0.659. The Kier molecular flexibility index (Phi) is 7.80. The summed E-state index contributed by atoms with van der Waals surface area (Å²) >= 11 is 0. The molecule has 5 heteroatoms. The number of aryl methyl sites for hydroxylation is 2. The lowest BCUT2D eigenvalue weighted by Crippen LogP contribution is -2.17. The van der Waals surface area contributed by atoms with Crippen molar-refractivity contribution in [2.75, 3.05) is 4.90 Å². The number of hydrogen-bond acceptors (Lipinski definition) is 5. The van der Waals surface area contributed by atoms with E-state index in [1.807, 2.05) is 24.3 Å². The second-order valence-electron chi connectivity index (χ2n) is 14.4. The maximum absolute atomic E-state index is 6.78. The molecule has 260 valence electrons. The number of nitrogens with zero attached hydrogens (tertiary/aromatic N) is 4. The molecular formula is C49H38N4O. The van der Waals surface area contributed by atoms with Crippen LogP contribution in [0.2, 0.25) is 0 Å². The van der Waals surface area contributed by atoms with Gasteiger partial charge < -0.3 is 9.64 Å². The molecule has 8 aromatic rings. The molecule has 0 atom stereocenters. The normalized spacial score (nSPS) is 13.7. The molecule has 2 aliphatic rings. The Hall–Kier alpha value is -6.59. The van der Waals surface area contributed by atoms with E-state index >= 15 is 0 Å². The van der Waals surface area contributed by atoms with Crippen LogP contribution in [-0.2, 0) is 0 Å². The van der Waals surface area contributed by atoms with Gasteiger partial charge in [0.2, 0.25) is 0 Å². The van der Waals surface area contributed by atoms with E-state index in [0.29, 0.717) is 17.5 Å². The van der Waals surface area contributed by atoms with E-state index in [0.717, 1.165) is 80.0 Å². The lowest BCUT2D eigenvalue weighted by Gasteiger charge is -2.35. The Bertz CT molecular complexity index is 2750. The Balaban J connectivity index is 1.14. The summed E-state index contributed by atoms with van der Waals surface area (Å²) in [5.41, 5.74) is 10.9. The molecule has 0 amide bonds. The summed E-state index contributed by atoms with van der Waals surface area (Å²) in [5.74, 6) is 3.68. The fraction of sp³-hybridized carbons (Fsp3) is 0.122. The number of benzene rings is 7. The fourth-order valence-corrected chi connectivity index (χ4v) is 8.33. The van der Waals surface area contributed by atoms with Crippen LogP contribution in [0.25, 0.3) is 61.3 Å². The Morgan fingerprint density at radius 2 is 1.11 bits per heavy atom. The second-order valence-corrected chi connectivity index (χ2v) is 14.4. The quantitative estimate of drug-likeness (QED) is 0.167. The Morgan fingerprint density at radius 1 is 0.537 bits per heavy atom. The minimum Gasteiger partial charge on any atom is -0.452 e. The van der Waals surface area contributed by atoms with Crippen molar-refractivity contribution in [3.8, 4) is 45.7 Å². The van der Waals surface area contributed by atoms with Gasteiger partial charge in [-0.1, -0.05) is 121 Å². The molecule has 5 nitrogen and oxygen atoms in total. The van der Waals surface area contributed by atoms with Crippen LogP contribution < -0.4 is 9.64 Å². The predicted octanol–water partition coefficient (Wildman–Crippen LogP) is 13.3. The van der Waals surface area contributed by atoms with Crippen LogP contribution in [0.4, 0.5) is 17.1 Å². The van der Waals surface area contributed by atoms with E-state index < -0.39 is 0 Å². The van der Waals surface area contributed by atoms with Gasteiger partial charge in [-0.05, 0) is 96.8 Å². The maximum atomic E-state index is 6.78. The molecule has 0 radical (unpaired) electrons. The first-order chi connectivity index (χ1) is 26.6. The number of fused-ring (bicyclic) bond motifs is 7. The molecule has 10 rings (SSSR count). The van der Waals surface area contributed by atoms with Crippen molar-refractivity contribution in [1.29, 1.82) is 0 Å². The van der Waals surface area contributed by atoms with Crippen LogP contribution in [0, 0.1) is 13.8 Å². The summed E-state index contributed by atoms with van der Waals surface area (Å²) in [6.45, 7) is 4.33. The molecule has 54 heavy (non-hydrogen) atoms. The van der Waals surface area contributed by atoms with Gasteiger partial charge in [-0.2, -0.15) is 0 Å². The first-order valence-electron chi connectivity index (χ1n) is 18.8. The molecule has 0 spiro atoms. The van der Waals surface area contributed by atoms with Crippen molar-refractivity contribution in [2.24, 2.45) is 0 Å². The average molecular weight is 699 g/mol. The summed E-state index contributed by atoms with van der Waals surface area (Å²) in [4.78, 5) is 17.7. The highest BCUT2D eigenvalue weighted by atomic mass is 16.5. The molecule has 7 aromatic carbocycles. The summed E-state index contributed by atoms with van der Waals surface area (Å²) in [6, 6.07) is 48.9. The van der Waals surface area contributed by atoms with Crippen LogP contribution in [0.5, 0.6) is 11.5 Å². The predicted molar refractivity (Wildman–Crippen MR) is 222 cm³/mol. The summed E-state index contributed by atoms with van der Waals surface area (Å²) < 4.78 is 6.78. The largest absolute Gasteiger partial charge is 0.452 e. The third kappa shape index (κ3) is 5.43. The molecule has 0 N–H and O–H groups in total. The molecule has 0 bridgehead atoms. The van der Waals surface area contributed by atoms with Gasteiger partial charge in [-0.15, -0.1) is 0 Å². The molecule has 1 aliphatic carbocycles. The van der Waals surface area contributed by atoms with E-state index in [4.69, 9.17) is 19.7 Å². The van der Waals surface area contributed by atoms with Crippen molar-refractivity contribution < 1.29 is 4.74 Å².